The molecular weight excluding hydrogens is 258 g/mol. The number of aromatic nitrogens is 4. The second-order valence-corrected chi connectivity index (χ2v) is 4.62. The highest BCUT2D eigenvalue weighted by Gasteiger charge is 2.36. The van der Waals surface area contributed by atoms with E-state index in [-0.39, 0.29) is 6.54 Å². The third kappa shape index (κ3) is 1.87. The first-order valence-corrected chi connectivity index (χ1v) is 6.32. The van der Waals surface area contributed by atoms with Gasteiger partial charge in [0, 0.05) is 0 Å². The summed E-state index contributed by atoms with van der Waals surface area (Å²) in [4.78, 5) is 26.8. The highest BCUT2D eigenvalue weighted by molar-refractivity contribution is 6.52. The number of anilines is 1. The summed E-state index contributed by atoms with van der Waals surface area (Å²) in [5.41, 5.74) is 2.10. The highest BCUT2D eigenvalue weighted by Crippen LogP contribution is 2.30. The van der Waals surface area contributed by atoms with Gasteiger partial charge in [-0.15, -0.1) is 10.2 Å². The van der Waals surface area contributed by atoms with Crippen molar-refractivity contribution in [1.29, 1.82) is 0 Å². The number of amides is 1. The number of carbonyl (C=O) groups is 2. The van der Waals surface area contributed by atoms with Gasteiger partial charge in [-0.1, -0.05) is 13.0 Å². The molecule has 20 heavy (non-hydrogen) atoms. The first kappa shape index (κ1) is 12.5. The molecule has 1 aliphatic heterocycles. The monoisotopic (exact) mass is 271 g/mol. The van der Waals surface area contributed by atoms with Gasteiger partial charge in [0.15, 0.2) is 5.82 Å². The standard InChI is InChI=1S/C13H13N5O2/c1-3-8-4-5-10-9(6-8)12(19)13(20)18(10)7-11-14-16-17(2)15-11/h4-6H,3,7H2,1-2H3. The van der Waals surface area contributed by atoms with Crippen LogP contribution in [0.4, 0.5) is 5.69 Å². The van der Waals surface area contributed by atoms with Gasteiger partial charge in [0.05, 0.1) is 24.8 Å². The van der Waals surface area contributed by atoms with Crippen molar-refractivity contribution in [2.45, 2.75) is 19.9 Å². The van der Waals surface area contributed by atoms with Gasteiger partial charge in [-0.3, -0.25) is 14.5 Å². The van der Waals surface area contributed by atoms with Crippen molar-refractivity contribution >= 4 is 17.4 Å². The maximum Gasteiger partial charge on any atom is 0.299 e. The van der Waals surface area contributed by atoms with E-state index in [9.17, 15) is 9.59 Å². The van der Waals surface area contributed by atoms with Crippen molar-refractivity contribution < 1.29 is 9.59 Å². The third-order valence-corrected chi connectivity index (χ3v) is 3.29. The van der Waals surface area contributed by atoms with Gasteiger partial charge in [-0.25, -0.2) is 0 Å². The summed E-state index contributed by atoms with van der Waals surface area (Å²) in [6, 6.07) is 5.49. The number of benzene rings is 1. The quantitative estimate of drug-likeness (QED) is 0.759. The SMILES string of the molecule is CCc1ccc2c(c1)C(=O)C(=O)N2Cc1nnn(C)n1. The Hall–Kier alpha value is -2.57. The van der Waals surface area contributed by atoms with Gasteiger partial charge >= 0.3 is 0 Å². The third-order valence-electron chi connectivity index (χ3n) is 3.29. The van der Waals surface area contributed by atoms with Gasteiger partial charge < -0.3 is 0 Å². The minimum atomic E-state index is -0.541. The Morgan fingerprint density at radius 2 is 2.05 bits per heavy atom. The fourth-order valence-corrected chi connectivity index (χ4v) is 2.25. The molecule has 7 nitrogen and oxygen atoms in total. The average molecular weight is 271 g/mol. The molecule has 0 fully saturated rings. The summed E-state index contributed by atoms with van der Waals surface area (Å²) >= 11 is 0. The molecule has 1 amide bonds. The van der Waals surface area contributed by atoms with Gasteiger partial charge in [0.1, 0.15) is 0 Å². The number of hydrogen-bond acceptors (Lipinski definition) is 5. The van der Waals surface area contributed by atoms with Crippen LogP contribution in [0.1, 0.15) is 28.7 Å². The lowest BCUT2D eigenvalue weighted by molar-refractivity contribution is -0.114. The van der Waals surface area contributed by atoms with Crippen LogP contribution in [0.2, 0.25) is 0 Å². The fourth-order valence-electron chi connectivity index (χ4n) is 2.25. The number of tetrazole rings is 1. The molecule has 2 aromatic rings. The van der Waals surface area contributed by atoms with Crippen LogP contribution in [0.5, 0.6) is 0 Å². The van der Waals surface area contributed by atoms with Crippen LogP contribution in [0.15, 0.2) is 18.2 Å². The van der Waals surface area contributed by atoms with E-state index in [0.717, 1.165) is 12.0 Å². The average Bonchev–Trinajstić information content (AvgIpc) is 2.96. The van der Waals surface area contributed by atoms with E-state index < -0.39 is 11.7 Å². The van der Waals surface area contributed by atoms with Crippen molar-refractivity contribution in [3.8, 4) is 0 Å². The Balaban J connectivity index is 1.98. The Kier molecular flexibility index (Phi) is 2.81. The summed E-state index contributed by atoms with van der Waals surface area (Å²) in [6.45, 7) is 2.15. The van der Waals surface area contributed by atoms with Crippen LogP contribution in [-0.4, -0.2) is 31.9 Å². The predicted octanol–water partition coefficient (Wildman–Crippen LogP) is 0.502. The first-order valence-electron chi connectivity index (χ1n) is 6.32. The highest BCUT2D eigenvalue weighted by atomic mass is 16.2. The molecule has 7 heteroatoms. The van der Waals surface area contributed by atoms with Crippen molar-refractivity contribution in [3.63, 3.8) is 0 Å². The number of rotatable bonds is 3. The Labute approximate surface area is 115 Å². The summed E-state index contributed by atoms with van der Waals surface area (Å²) in [7, 11) is 1.65. The topological polar surface area (TPSA) is 81.0 Å². The second-order valence-electron chi connectivity index (χ2n) is 4.62. The van der Waals surface area contributed by atoms with E-state index in [1.54, 1.807) is 19.2 Å². The van der Waals surface area contributed by atoms with E-state index in [0.29, 0.717) is 17.1 Å². The molecule has 0 atom stereocenters. The summed E-state index contributed by atoms with van der Waals surface area (Å²) in [6.07, 6.45) is 0.820. The summed E-state index contributed by atoms with van der Waals surface area (Å²) in [5, 5.41) is 11.6. The molecule has 0 unspecified atom stereocenters. The maximum absolute atomic E-state index is 12.1. The van der Waals surface area contributed by atoms with E-state index in [4.69, 9.17) is 0 Å². The Morgan fingerprint density at radius 1 is 1.25 bits per heavy atom. The lowest BCUT2D eigenvalue weighted by Gasteiger charge is -2.14. The predicted molar refractivity (Wildman–Crippen MR) is 70.1 cm³/mol. The molecule has 0 bridgehead atoms. The molecule has 0 radical (unpaired) electrons. The number of aryl methyl sites for hydroxylation is 2. The van der Waals surface area contributed by atoms with Gasteiger partial charge in [0.2, 0.25) is 0 Å². The number of ketones is 1. The largest absolute Gasteiger partial charge is 0.299 e. The van der Waals surface area contributed by atoms with Gasteiger partial charge in [0.25, 0.3) is 11.7 Å². The van der Waals surface area contributed by atoms with E-state index in [1.807, 2.05) is 13.0 Å². The van der Waals surface area contributed by atoms with E-state index >= 15 is 0 Å². The van der Waals surface area contributed by atoms with Gasteiger partial charge in [-0.05, 0) is 29.3 Å². The fraction of sp³-hybridized carbons (Fsp3) is 0.308. The van der Waals surface area contributed by atoms with Gasteiger partial charge in [-0.2, -0.15) is 4.80 Å². The number of nitrogens with zero attached hydrogens (tertiary/aromatic N) is 5. The van der Waals surface area contributed by atoms with E-state index in [2.05, 4.69) is 15.4 Å². The number of fused-ring (bicyclic) bond motifs is 1. The van der Waals surface area contributed by atoms with Crippen LogP contribution >= 0.6 is 0 Å². The zero-order valence-electron chi connectivity index (χ0n) is 11.2. The molecule has 0 spiro atoms. The van der Waals surface area contributed by atoms with Crippen LogP contribution in [0, 0.1) is 0 Å². The van der Waals surface area contributed by atoms with Crippen molar-refractivity contribution in [1.82, 2.24) is 20.2 Å². The minimum Gasteiger partial charge on any atom is -0.297 e. The normalized spacial score (nSPS) is 14.0. The van der Waals surface area contributed by atoms with Crippen molar-refractivity contribution in [2.75, 3.05) is 4.90 Å². The molecule has 0 saturated carbocycles. The molecule has 102 valence electrons. The molecule has 0 aliphatic carbocycles. The van der Waals surface area contributed by atoms with Crippen molar-refractivity contribution in [3.05, 3.63) is 35.2 Å². The molecule has 0 N–H and O–H groups in total. The number of hydrogen-bond donors (Lipinski definition) is 0. The molecule has 1 aliphatic rings. The molecule has 0 saturated heterocycles. The second kappa shape index (κ2) is 4.52. The van der Waals surface area contributed by atoms with Crippen molar-refractivity contribution in [2.24, 2.45) is 7.05 Å². The molecule has 1 aromatic carbocycles. The smallest absolute Gasteiger partial charge is 0.297 e. The van der Waals surface area contributed by atoms with Crippen LogP contribution in [0.3, 0.4) is 0 Å². The maximum atomic E-state index is 12.1. The molecule has 1 aromatic heterocycles. The number of Topliss-reactive ketones (excluding diaryl/α,β-unsaturated/α-hetero) is 1. The minimum absolute atomic E-state index is 0.150. The lowest BCUT2D eigenvalue weighted by Crippen LogP contribution is -2.29. The molecule has 3 rings (SSSR count). The van der Waals surface area contributed by atoms with Crippen LogP contribution in [0.25, 0.3) is 0 Å². The Bertz CT molecular complexity index is 707. The zero-order valence-corrected chi connectivity index (χ0v) is 11.2. The summed E-state index contributed by atoms with van der Waals surface area (Å²) in [5.74, 6) is -0.610. The molecule has 2 heterocycles. The lowest BCUT2D eigenvalue weighted by atomic mass is 10.1. The Morgan fingerprint density at radius 3 is 2.70 bits per heavy atom. The summed E-state index contributed by atoms with van der Waals surface area (Å²) < 4.78 is 0. The zero-order chi connectivity index (χ0) is 14.3. The van der Waals surface area contributed by atoms with E-state index in [1.165, 1.54) is 9.70 Å². The van der Waals surface area contributed by atoms with Crippen LogP contribution < -0.4 is 4.90 Å². The molecular formula is C13H13N5O2. The first-order chi connectivity index (χ1) is 9.60. The number of carbonyl (C=O) groups excluding carboxylic acids is 2. The van der Waals surface area contributed by atoms with Crippen LogP contribution in [-0.2, 0) is 24.8 Å².